The second-order valence-electron chi connectivity index (χ2n) is 6.68. The summed E-state index contributed by atoms with van der Waals surface area (Å²) in [4.78, 5) is 17.1. The third-order valence-corrected chi connectivity index (χ3v) is 4.95. The molecule has 2 aliphatic rings. The molecule has 0 aliphatic carbocycles. The molecule has 0 unspecified atom stereocenters. The van der Waals surface area contributed by atoms with Crippen LogP contribution >= 0.6 is 0 Å². The maximum atomic E-state index is 12.5. The number of hydrogen-bond acceptors (Lipinski definition) is 4. The van der Waals surface area contributed by atoms with Crippen molar-refractivity contribution in [3.63, 3.8) is 0 Å². The Balaban J connectivity index is 1.79. The molecular formula is C18H34N2O3. The molecule has 2 aliphatic heterocycles. The van der Waals surface area contributed by atoms with E-state index < -0.39 is 0 Å². The van der Waals surface area contributed by atoms with E-state index in [-0.39, 0.29) is 12.5 Å². The maximum Gasteiger partial charge on any atom is 0.248 e. The molecule has 0 atom stereocenters. The Morgan fingerprint density at radius 2 is 1.87 bits per heavy atom. The van der Waals surface area contributed by atoms with Gasteiger partial charge in [-0.1, -0.05) is 12.8 Å². The molecule has 0 saturated carbocycles. The number of carbonyl (C=O) groups is 1. The summed E-state index contributed by atoms with van der Waals surface area (Å²) in [6.45, 7) is 8.72. The Bertz CT molecular complexity index is 324. The van der Waals surface area contributed by atoms with E-state index in [0.29, 0.717) is 12.6 Å². The van der Waals surface area contributed by atoms with Crippen molar-refractivity contribution in [3.8, 4) is 0 Å². The fourth-order valence-electron chi connectivity index (χ4n) is 3.60. The van der Waals surface area contributed by atoms with Crippen LogP contribution in [0.3, 0.4) is 0 Å². The van der Waals surface area contributed by atoms with Crippen LogP contribution in [-0.2, 0) is 14.3 Å². The molecule has 2 rings (SSSR count). The zero-order chi connectivity index (χ0) is 16.3. The second-order valence-corrected chi connectivity index (χ2v) is 6.68. The first-order valence-electron chi connectivity index (χ1n) is 9.48. The Morgan fingerprint density at radius 1 is 1.17 bits per heavy atom. The minimum atomic E-state index is 0.148. The van der Waals surface area contributed by atoms with Crippen molar-refractivity contribution in [2.75, 3.05) is 52.6 Å². The van der Waals surface area contributed by atoms with Gasteiger partial charge in [0, 0.05) is 32.4 Å². The number of ether oxygens (including phenoxy) is 2. The third-order valence-electron chi connectivity index (χ3n) is 4.95. The van der Waals surface area contributed by atoms with Crippen LogP contribution in [0.25, 0.3) is 0 Å². The normalized spacial score (nSPS) is 21.1. The fourth-order valence-corrected chi connectivity index (χ4v) is 3.60. The molecule has 0 N–H and O–H groups in total. The first-order valence-corrected chi connectivity index (χ1v) is 9.48. The molecule has 5 heteroatoms. The largest absolute Gasteiger partial charge is 0.381 e. The molecule has 134 valence electrons. The fraction of sp³-hybridized carbons (Fsp3) is 0.944. The van der Waals surface area contributed by atoms with Crippen LogP contribution in [0.4, 0.5) is 0 Å². The molecule has 2 saturated heterocycles. The minimum absolute atomic E-state index is 0.148. The van der Waals surface area contributed by atoms with Crippen LogP contribution in [-0.4, -0.2) is 74.4 Å². The Hall–Kier alpha value is -0.650. The van der Waals surface area contributed by atoms with Crippen molar-refractivity contribution in [2.24, 2.45) is 0 Å². The summed E-state index contributed by atoms with van der Waals surface area (Å²) in [6, 6.07) is 0.334. The van der Waals surface area contributed by atoms with E-state index in [9.17, 15) is 4.79 Å². The number of nitrogens with zero attached hydrogens (tertiary/aromatic N) is 2. The van der Waals surface area contributed by atoms with Crippen LogP contribution < -0.4 is 0 Å². The van der Waals surface area contributed by atoms with Crippen LogP contribution in [0.2, 0.25) is 0 Å². The summed E-state index contributed by atoms with van der Waals surface area (Å²) in [7, 11) is 0. The molecule has 1 amide bonds. The average molecular weight is 326 g/mol. The molecular weight excluding hydrogens is 292 g/mol. The molecule has 2 fully saturated rings. The summed E-state index contributed by atoms with van der Waals surface area (Å²) in [6.07, 6.45) is 8.38. The van der Waals surface area contributed by atoms with Crippen LogP contribution in [0.5, 0.6) is 0 Å². The highest BCUT2D eigenvalue weighted by atomic mass is 16.5. The van der Waals surface area contributed by atoms with Crippen molar-refractivity contribution < 1.29 is 14.3 Å². The van der Waals surface area contributed by atoms with Gasteiger partial charge in [0.15, 0.2) is 0 Å². The summed E-state index contributed by atoms with van der Waals surface area (Å²) >= 11 is 0. The first kappa shape index (κ1) is 18.7. The Labute approximate surface area is 141 Å². The number of likely N-dealkylation sites (tertiary alicyclic amines) is 1. The molecule has 0 aromatic rings. The smallest absolute Gasteiger partial charge is 0.248 e. The van der Waals surface area contributed by atoms with Crippen LogP contribution in [0.15, 0.2) is 0 Å². The summed E-state index contributed by atoms with van der Waals surface area (Å²) in [5, 5.41) is 0. The molecule has 0 radical (unpaired) electrons. The predicted octanol–water partition coefficient (Wildman–Crippen LogP) is 2.30. The van der Waals surface area contributed by atoms with Crippen LogP contribution in [0.1, 0.15) is 51.9 Å². The first-order chi connectivity index (χ1) is 11.3. The predicted molar refractivity (Wildman–Crippen MR) is 91.6 cm³/mol. The van der Waals surface area contributed by atoms with Crippen molar-refractivity contribution in [1.29, 1.82) is 0 Å². The quantitative estimate of drug-likeness (QED) is 0.686. The van der Waals surface area contributed by atoms with E-state index in [1.54, 1.807) is 0 Å². The van der Waals surface area contributed by atoms with E-state index in [2.05, 4.69) is 9.80 Å². The number of rotatable bonds is 8. The number of carbonyl (C=O) groups excluding carboxylic acids is 1. The van der Waals surface area contributed by atoms with Gasteiger partial charge >= 0.3 is 0 Å². The van der Waals surface area contributed by atoms with Gasteiger partial charge in [0.25, 0.3) is 0 Å². The molecule has 0 bridgehead atoms. The SMILES string of the molecule is CCOCC(=O)N(CCCN1CCCCCC1)C1CCOCC1. The van der Waals surface area contributed by atoms with Gasteiger partial charge in [-0.05, 0) is 58.7 Å². The molecule has 2 heterocycles. The van der Waals surface area contributed by atoms with Crippen molar-refractivity contribution in [1.82, 2.24) is 9.80 Å². The van der Waals surface area contributed by atoms with Gasteiger partial charge in [-0.15, -0.1) is 0 Å². The zero-order valence-electron chi connectivity index (χ0n) is 14.8. The van der Waals surface area contributed by atoms with Crippen LogP contribution in [0, 0.1) is 0 Å². The van der Waals surface area contributed by atoms with E-state index in [1.165, 1.54) is 38.8 Å². The summed E-state index contributed by atoms with van der Waals surface area (Å²) in [5.74, 6) is 0.148. The van der Waals surface area contributed by atoms with Gasteiger partial charge in [0.1, 0.15) is 6.61 Å². The average Bonchev–Trinajstić information content (AvgIpc) is 2.86. The third kappa shape index (κ3) is 6.77. The van der Waals surface area contributed by atoms with Crippen molar-refractivity contribution >= 4 is 5.91 Å². The monoisotopic (exact) mass is 326 g/mol. The van der Waals surface area contributed by atoms with Gasteiger partial charge in [-0.25, -0.2) is 0 Å². The van der Waals surface area contributed by atoms with E-state index in [0.717, 1.165) is 45.6 Å². The Morgan fingerprint density at radius 3 is 2.52 bits per heavy atom. The highest BCUT2D eigenvalue weighted by Crippen LogP contribution is 2.16. The lowest BCUT2D eigenvalue weighted by molar-refractivity contribution is -0.140. The Kier molecular flexibility index (Phi) is 8.94. The standard InChI is InChI=1S/C18H34N2O3/c1-2-22-16-18(21)20(17-8-14-23-15-9-17)13-7-12-19-10-5-3-4-6-11-19/h17H,2-16H2,1H3. The van der Waals surface area contributed by atoms with Gasteiger partial charge < -0.3 is 19.3 Å². The number of amides is 1. The molecule has 23 heavy (non-hydrogen) atoms. The summed E-state index contributed by atoms with van der Waals surface area (Å²) < 4.78 is 10.8. The van der Waals surface area contributed by atoms with Gasteiger partial charge in [0.2, 0.25) is 5.91 Å². The van der Waals surface area contributed by atoms with Gasteiger partial charge in [-0.3, -0.25) is 4.79 Å². The van der Waals surface area contributed by atoms with E-state index >= 15 is 0 Å². The molecule has 0 aromatic heterocycles. The van der Waals surface area contributed by atoms with E-state index in [1.807, 2.05) is 6.92 Å². The topological polar surface area (TPSA) is 42.0 Å². The zero-order valence-corrected chi connectivity index (χ0v) is 14.8. The molecule has 5 nitrogen and oxygen atoms in total. The highest BCUT2D eigenvalue weighted by molar-refractivity contribution is 5.77. The summed E-state index contributed by atoms with van der Waals surface area (Å²) in [5.41, 5.74) is 0. The van der Waals surface area contributed by atoms with Gasteiger partial charge in [0.05, 0.1) is 0 Å². The van der Waals surface area contributed by atoms with Crippen molar-refractivity contribution in [2.45, 2.75) is 57.9 Å². The second kappa shape index (κ2) is 11.0. The lowest BCUT2D eigenvalue weighted by atomic mass is 10.1. The molecule has 0 spiro atoms. The maximum absolute atomic E-state index is 12.5. The minimum Gasteiger partial charge on any atom is -0.381 e. The molecule has 0 aromatic carbocycles. The van der Waals surface area contributed by atoms with Gasteiger partial charge in [-0.2, -0.15) is 0 Å². The van der Waals surface area contributed by atoms with E-state index in [4.69, 9.17) is 9.47 Å². The lowest BCUT2D eigenvalue weighted by Gasteiger charge is -2.35. The highest BCUT2D eigenvalue weighted by Gasteiger charge is 2.25. The number of hydrogen-bond donors (Lipinski definition) is 0. The van der Waals surface area contributed by atoms with Crippen molar-refractivity contribution in [3.05, 3.63) is 0 Å². The lowest BCUT2D eigenvalue weighted by Crippen LogP contribution is -2.46.